The van der Waals surface area contributed by atoms with E-state index in [1.165, 1.54) is 0 Å². The Morgan fingerprint density at radius 2 is 1.85 bits per heavy atom. The van der Waals surface area contributed by atoms with E-state index in [4.69, 9.17) is 0 Å². The average Bonchev–Trinajstić information content (AvgIpc) is 1.80. The number of amides is 1. The fraction of sp³-hybridized carbons (Fsp3) is 0.900. The van der Waals surface area contributed by atoms with E-state index >= 15 is 0 Å². The molecule has 78 valence electrons. The van der Waals surface area contributed by atoms with Gasteiger partial charge in [-0.25, -0.2) is 0 Å². The van der Waals surface area contributed by atoms with Crippen molar-refractivity contribution in [1.82, 2.24) is 10.2 Å². The Morgan fingerprint density at radius 3 is 2.23 bits per heavy atom. The summed E-state index contributed by atoms with van der Waals surface area (Å²) in [6.07, 6.45) is 0. The molecule has 0 heterocycles. The molecule has 0 spiro atoms. The summed E-state index contributed by atoms with van der Waals surface area (Å²) in [6, 6.07) is 0.236. The molecule has 0 aliphatic heterocycles. The third-order valence-electron chi connectivity index (χ3n) is 1.54. The van der Waals surface area contributed by atoms with E-state index in [9.17, 15) is 4.79 Å². The van der Waals surface area contributed by atoms with Crippen molar-refractivity contribution < 1.29 is 4.79 Å². The minimum atomic E-state index is 0.109. The fourth-order valence-electron chi connectivity index (χ4n) is 1.30. The Bertz CT molecular complexity index is 155. The van der Waals surface area contributed by atoms with Gasteiger partial charge in [-0.15, -0.1) is 0 Å². The van der Waals surface area contributed by atoms with Crippen LogP contribution in [0.5, 0.6) is 0 Å². The van der Waals surface area contributed by atoms with Gasteiger partial charge in [0.2, 0.25) is 5.91 Å². The maximum Gasteiger partial charge on any atom is 0.234 e. The molecule has 0 aliphatic carbocycles. The molecule has 0 atom stereocenters. The molecule has 0 aromatic rings. The van der Waals surface area contributed by atoms with Crippen LogP contribution >= 0.6 is 0 Å². The van der Waals surface area contributed by atoms with Gasteiger partial charge in [-0.1, -0.05) is 13.8 Å². The molecule has 0 saturated carbocycles. The number of hydrogen-bond donors (Lipinski definition) is 1. The molecule has 3 heteroatoms. The van der Waals surface area contributed by atoms with Crippen molar-refractivity contribution in [2.24, 2.45) is 5.92 Å². The number of nitrogens with zero attached hydrogens (tertiary/aromatic N) is 1. The summed E-state index contributed by atoms with van der Waals surface area (Å²) in [4.78, 5) is 13.3. The molecular formula is C10H22N2O. The summed E-state index contributed by atoms with van der Waals surface area (Å²) in [5, 5.41) is 2.87. The van der Waals surface area contributed by atoms with Crippen LogP contribution < -0.4 is 5.32 Å². The molecule has 0 aromatic heterocycles. The van der Waals surface area contributed by atoms with Crippen molar-refractivity contribution >= 4 is 5.91 Å². The monoisotopic (exact) mass is 186 g/mol. The van der Waals surface area contributed by atoms with Crippen LogP contribution in [0.1, 0.15) is 27.7 Å². The highest BCUT2D eigenvalue weighted by molar-refractivity contribution is 5.78. The van der Waals surface area contributed by atoms with Crippen molar-refractivity contribution in [1.29, 1.82) is 0 Å². The van der Waals surface area contributed by atoms with Gasteiger partial charge in [-0.2, -0.15) is 0 Å². The van der Waals surface area contributed by atoms with Crippen molar-refractivity contribution in [3.05, 3.63) is 0 Å². The first-order valence-electron chi connectivity index (χ1n) is 4.89. The lowest BCUT2D eigenvalue weighted by atomic mass is 10.2. The summed E-state index contributed by atoms with van der Waals surface area (Å²) < 4.78 is 0. The topological polar surface area (TPSA) is 32.3 Å². The minimum Gasteiger partial charge on any atom is -0.353 e. The lowest BCUT2D eigenvalue weighted by Gasteiger charge is -2.19. The summed E-state index contributed by atoms with van der Waals surface area (Å²) >= 11 is 0. The average molecular weight is 186 g/mol. The van der Waals surface area contributed by atoms with Gasteiger partial charge >= 0.3 is 0 Å². The number of hydrogen-bond acceptors (Lipinski definition) is 2. The third kappa shape index (κ3) is 7.78. The van der Waals surface area contributed by atoms with Crippen LogP contribution in [0.2, 0.25) is 0 Å². The quantitative estimate of drug-likeness (QED) is 0.697. The van der Waals surface area contributed by atoms with E-state index in [-0.39, 0.29) is 11.9 Å². The van der Waals surface area contributed by atoms with E-state index in [1.807, 2.05) is 25.8 Å². The van der Waals surface area contributed by atoms with Gasteiger partial charge in [0.15, 0.2) is 0 Å². The number of rotatable bonds is 5. The van der Waals surface area contributed by atoms with Crippen LogP contribution in [0.25, 0.3) is 0 Å². The highest BCUT2D eigenvalue weighted by Crippen LogP contribution is 1.94. The summed E-state index contributed by atoms with van der Waals surface area (Å²) in [7, 11) is 1.97. The van der Waals surface area contributed by atoms with E-state index in [2.05, 4.69) is 19.2 Å². The number of nitrogens with one attached hydrogen (secondary N) is 1. The largest absolute Gasteiger partial charge is 0.353 e. The van der Waals surface area contributed by atoms with Gasteiger partial charge in [0, 0.05) is 12.6 Å². The number of likely N-dealkylation sites (N-methyl/N-ethyl adjacent to an activating group) is 1. The van der Waals surface area contributed by atoms with Gasteiger partial charge in [0.25, 0.3) is 0 Å². The van der Waals surface area contributed by atoms with Crippen molar-refractivity contribution in [2.45, 2.75) is 33.7 Å². The summed E-state index contributed by atoms with van der Waals surface area (Å²) in [6.45, 7) is 9.70. The van der Waals surface area contributed by atoms with Gasteiger partial charge in [0.1, 0.15) is 0 Å². The third-order valence-corrected chi connectivity index (χ3v) is 1.54. The zero-order chi connectivity index (χ0) is 10.4. The van der Waals surface area contributed by atoms with Gasteiger partial charge in [-0.3, -0.25) is 9.69 Å². The van der Waals surface area contributed by atoms with Crippen LogP contribution in [-0.2, 0) is 4.79 Å². The van der Waals surface area contributed by atoms with Gasteiger partial charge in [-0.05, 0) is 26.8 Å². The van der Waals surface area contributed by atoms with Crippen LogP contribution in [0.15, 0.2) is 0 Å². The minimum absolute atomic E-state index is 0.109. The Morgan fingerprint density at radius 1 is 1.31 bits per heavy atom. The molecule has 0 radical (unpaired) electrons. The molecule has 1 amide bonds. The predicted molar refractivity (Wildman–Crippen MR) is 55.6 cm³/mol. The molecule has 0 fully saturated rings. The SMILES string of the molecule is CC(C)CN(C)CC(=O)NC(C)C. The van der Waals surface area contributed by atoms with Crippen LogP contribution in [0, 0.1) is 5.92 Å². The zero-order valence-electron chi connectivity index (χ0n) is 9.42. The maximum atomic E-state index is 11.3. The Kier molecular flexibility index (Phi) is 5.71. The molecule has 0 unspecified atom stereocenters. The molecule has 0 bridgehead atoms. The molecule has 3 nitrogen and oxygen atoms in total. The molecular weight excluding hydrogens is 164 g/mol. The van der Waals surface area contributed by atoms with Crippen LogP contribution in [0.4, 0.5) is 0 Å². The predicted octanol–water partition coefficient (Wildman–Crippen LogP) is 1.10. The lowest BCUT2D eigenvalue weighted by molar-refractivity contribution is -0.122. The van der Waals surface area contributed by atoms with E-state index in [1.54, 1.807) is 0 Å². The highest BCUT2D eigenvalue weighted by atomic mass is 16.2. The first-order valence-corrected chi connectivity index (χ1v) is 4.89. The first kappa shape index (κ1) is 12.4. The Hall–Kier alpha value is -0.570. The van der Waals surface area contributed by atoms with Crippen LogP contribution in [0.3, 0.4) is 0 Å². The molecule has 0 aromatic carbocycles. The number of carbonyl (C=O) groups is 1. The van der Waals surface area contributed by atoms with Crippen molar-refractivity contribution in [3.8, 4) is 0 Å². The second kappa shape index (κ2) is 5.97. The van der Waals surface area contributed by atoms with Crippen molar-refractivity contribution in [3.63, 3.8) is 0 Å². The smallest absolute Gasteiger partial charge is 0.234 e. The van der Waals surface area contributed by atoms with E-state index < -0.39 is 0 Å². The maximum absolute atomic E-state index is 11.3. The van der Waals surface area contributed by atoms with Crippen molar-refractivity contribution in [2.75, 3.05) is 20.1 Å². The summed E-state index contributed by atoms with van der Waals surface area (Å²) in [5.74, 6) is 0.718. The molecule has 13 heavy (non-hydrogen) atoms. The normalized spacial score (nSPS) is 11.4. The first-order chi connectivity index (χ1) is 5.91. The fourth-order valence-corrected chi connectivity index (χ4v) is 1.30. The standard InChI is InChI=1S/C10H22N2O/c1-8(2)6-12(5)7-10(13)11-9(3)4/h8-9H,6-7H2,1-5H3,(H,11,13). The number of carbonyl (C=O) groups excluding carboxylic acids is 1. The molecule has 0 rings (SSSR count). The molecule has 1 N–H and O–H groups in total. The van der Waals surface area contributed by atoms with E-state index in [0.717, 1.165) is 6.54 Å². The van der Waals surface area contributed by atoms with E-state index in [0.29, 0.717) is 12.5 Å². The van der Waals surface area contributed by atoms with Gasteiger partial charge < -0.3 is 5.32 Å². The lowest BCUT2D eigenvalue weighted by Crippen LogP contribution is -2.39. The Labute approximate surface area is 81.5 Å². The molecule has 0 saturated heterocycles. The second-order valence-electron chi connectivity index (χ2n) is 4.31. The summed E-state index contributed by atoms with van der Waals surface area (Å²) in [5.41, 5.74) is 0. The highest BCUT2D eigenvalue weighted by Gasteiger charge is 2.08. The molecule has 0 aliphatic rings. The Balaban J connectivity index is 3.65. The zero-order valence-corrected chi connectivity index (χ0v) is 9.42. The second-order valence-corrected chi connectivity index (χ2v) is 4.31. The van der Waals surface area contributed by atoms with Crippen LogP contribution in [-0.4, -0.2) is 37.0 Å². The van der Waals surface area contributed by atoms with Gasteiger partial charge in [0.05, 0.1) is 6.54 Å².